The normalized spacial score (nSPS) is 11.4. The number of fused-ring (bicyclic) bond motifs is 4. The van der Waals surface area contributed by atoms with E-state index >= 15 is 0 Å². The first kappa shape index (κ1) is 38.0. The van der Waals surface area contributed by atoms with Crippen LogP contribution in [0.1, 0.15) is 0 Å². The van der Waals surface area contributed by atoms with Crippen LogP contribution in [0.2, 0.25) is 0 Å². The average molecular weight is 829 g/mol. The third kappa shape index (κ3) is 6.85. The Balaban J connectivity index is 0.952. The first-order chi connectivity index (χ1) is 32.2. The van der Waals surface area contributed by atoms with Crippen molar-refractivity contribution in [2.75, 3.05) is 0 Å². The third-order valence-corrected chi connectivity index (χ3v) is 12.5. The maximum absolute atomic E-state index is 5.25. The lowest BCUT2D eigenvalue weighted by Gasteiger charge is -2.16. The van der Waals surface area contributed by atoms with Gasteiger partial charge in [-0.25, -0.2) is 15.0 Å². The molecule has 0 unspecified atom stereocenters. The lowest BCUT2D eigenvalue weighted by Crippen LogP contribution is -2.01. The summed E-state index contributed by atoms with van der Waals surface area (Å²) in [7, 11) is 0. The van der Waals surface area contributed by atoms with Gasteiger partial charge in [-0.05, 0) is 86.1 Å². The molecule has 2 heterocycles. The number of para-hydroxylation sites is 3. The quantitative estimate of drug-likeness (QED) is 0.153. The average Bonchev–Trinajstić information content (AvgIpc) is 3.73. The van der Waals surface area contributed by atoms with Crippen LogP contribution in [0.3, 0.4) is 0 Å². The summed E-state index contributed by atoms with van der Waals surface area (Å²) in [5.41, 5.74) is 15.5. The molecule has 0 aliphatic rings. The van der Waals surface area contributed by atoms with Crippen LogP contribution in [0, 0.1) is 0 Å². The van der Waals surface area contributed by atoms with Gasteiger partial charge in [-0.2, -0.15) is 0 Å². The molecule has 12 aromatic rings. The summed E-state index contributed by atoms with van der Waals surface area (Å²) < 4.78 is 2.41. The monoisotopic (exact) mass is 828 g/mol. The number of aromatic nitrogens is 4. The Kier molecular flexibility index (Phi) is 9.46. The molecular formula is C61H40N4. The Labute approximate surface area is 377 Å². The Morgan fingerprint density at radius 3 is 1.29 bits per heavy atom. The van der Waals surface area contributed by atoms with E-state index in [1.165, 1.54) is 27.4 Å². The first-order valence-corrected chi connectivity index (χ1v) is 22.0. The number of benzene rings is 10. The molecular weight excluding hydrogens is 789 g/mol. The van der Waals surface area contributed by atoms with Crippen molar-refractivity contribution in [3.8, 4) is 84.4 Å². The second-order valence-electron chi connectivity index (χ2n) is 16.3. The van der Waals surface area contributed by atoms with Crippen LogP contribution < -0.4 is 0 Å². The number of hydrogen-bond donors (Lipinski definition) is 0. The smallest absolute Gasteiger partial charge is 0.164 e. The molecule has 0 aliphatic carbocycles. The van der Waals surface area contributed by atoms with Crippen molar-refractivity contribution in [2.45, 2.75) is 0 Å². The van der Waals surface area contributed by atoms with Crippen LogP contribution in [0.25, 0.3) is 117 Å². The van der Waals surface area contributed by atoms with E-state index in [9.17, 15) is 0 Å². The highest BCUT2D eigenvalue weighted by Gasteiger charge is 2.19. The first-order valence-electron chi connectivity index (χ1n) is 22.0. The molecule has 0 spiro atoms. The minimum absolute atomic E-state index is 0.631. The summed E-state index contributed by atoms with van der Waals surface area (Å²) in [6.45, 7) is 0. The van der Waals surface area contributed by atoms with Gasteiger partial charge in [-0.3, -0.25) is 0 Å². The van der Waals surface area contributed by atoms with E-state index in [0.717, 1.165) is 72.1 Å². The third-order valence-electron chi connectivity index (χ3n) is 12.5. The minimum Gasteiger partial charge on any atom is -0.309 e. The maximum atomic E-state index is 5.25. The highest BCUT2D eigenvalue weighted by atomic mass is 15.0. The zero-order valence-corrected chi connectivity index (χ0v) is 35.4. The molecule has 0 aliphatic heterocycles. The largest absolute Gasteiger partial charge is 0.309 e. The molecule has 2 aromatic heterocycles. The molecule has 0 N–H and O–H groups in total. The summed E-state index contributed by atoms with van der Waals surface area (Å²) >= 11 is 0. The Bertz CT molecular complexity index is 3670. The van der Waals surface area contributed by atoms with Gasteiger partial charge in [0.2, 0.25) is 0 Å². The van der Waals surface area contributed by atoms with Gasteiger partial charge in [0.15, 0.2) is 17.5 Å². The zero-order valence-electron chi connectivity index (χ0n) is 35.4. The Morgan fingerprint density at radius 2 is 0.646 bits per heavy atom. The van der Waals surface area contributed by atoms with Gasteiger partial charge in [-0.15, -0.1) is 0 Å². The van der Waals surface area contributed by atoms with Gasteiger partial charge in [0.1, 0.15) is 0 Å². The highest BCUT2D eigenvalue weighted by Crippen LogP contribution is 2.40. The van der Waals surface area contributed by atoms with Gasteiger partial charge in [0.05, 0.1) is 16.7 Å². The van der Waals surface area contributed by atoms with Crippen LogP contribution in [-0.4, -0.2) is 19.5 Å². The zero-order chi connectivity index (χ0) is 43.1. The molecule has 0 saturated carbocycles. The molecule has 0 fully saturated rings. The predicted octanol–water partition coefficient (Wildman–Crippen LogP) is 15.8. The number of hydrogen-bond acceptors (Lipinski definition) is 3. The topological polar surface area (TPSA) is 43.6 Å². The second kappa shape index (κ2) is 16.2. The van der Waals surface area contributed by atoms with Crippen molar-refractivity contribution < 1.29 is 0 Å². The van der Waals surface area contributed by atoms with E-state index in [0.29, 0.717) is 17.5 Å². The van der Waals surface area contributed by atoms with Crippen molar-refractivity contribution in [3.05, 3.63) is 243 Å². The number of rotatable bonds is 8. The SMILES string of the molecule is c1ccc(-c2nc(-c3ccccc3-c3ccccc3)nc(-c3ccc(-c4cccc(-c5cccc(-c6ccccc6-n6c7ccccc7c7ccccc76)c5)c4)c4ccccc34)n2)cc1. The second-order valence-corrected chi connectivity index (χ2v) is 16.3. The van der Waals surface area contributed by atoms with E-state index in [1.54, 1.807) is 0 Å². The van der Waals surface area contributed by atoms with Crippen LogP contribution in [-0.2, 0) is 0 Å². The molecule has 0 saturated heterocycles. The van der Waals surface area contributed by atoms with Crippen molar-refractivity contribution in [1.29, 1.82) is 0 Å². The van der Waals surface area contributed by atoms with Gasteiger partial charge >= 0.3 is 0 Å². The highest BCUT2D eigenvalue weighted by molar-refractivity contribution is 6.10. The van der Waals surface area contributed by atoms with Gasteiger partial charge in [-0.1, -0.05) is 206 Å². The van der Waals surface area contributed by atoms with Crippen molar-refractivity contribution in [3.63, 3.8) is 0 Å². The van der Waals surface area contributed by atoms with Gasteiger partial charge in [0, 0.05) is 33.0 Å². The molecule has 4 nitrogen and oxygen atoms in total. The lowest BCUT2D eigenvalue weighted by molar-refractivity contribution is 1.08. The molecule has 12 rings (SSSR count). The summed E-state index contributed by atoms with van der Waals surface area (Å²) in [6, 6.07) is 85.9. The maximum Gasteiger partial charge on any atom is 0.164 e. The van der Waals surface area contributed by atoms with Crippen LogP contribution in [0.5, 0.6) is 0 Å². The lowest BCUT2D eigenvalue weighted by atomic mass is 9.92. The molecule has 0 atom stereocenters. The summed E-state index contributed by atoms with van der Waals surface area (Å²) in [6.07, 6.45) is 0. The van der Waals surface area contributed by atoms with Crippen LogP contribution >= 0.6 is 0 Å². The van der Waals surface area contributed by atoms with Gasteiger partial charge in [0.25, 0.3) is 0 Å². The van der Waals surface area contributed by atoms with Crippen molar-refractivity contribution >= 4 is 32.6 Å². The Morgan fingerprint density at radius 1 is 0.231 bits per heavy atom. The Hall–Kier alpha value is -8.73. The molecule has 4 heteroatoms. The van der Waals surface area contributed by atoms with E-state index < -0.39 is 0 Å². The fraction of sp³-hybridized carbons (Fsp3) is 0. The van der Waals surface area contributed by atoms with E-state index in [-0.39, 0.29) is 0 Å². The minimum atomic E-state index is 0.631. The fourth-order valence-corrected chi connectivity index (χ4v) is 9.45. The summed E-state index contributed by atoms with van der Waals surface area (Å²) in [4.78, 5) is 15.5. The summed E-state index contributed by atoms with van der Waals surface area (Å²) in [5.74, 6) is 1.90. The van der Waals surface area contributed by atoms with Crippen molar-refractivity contribution in [1.82, 2.24) is 19.5 Å². The van der Waals surface area contributed by atoms with Crippen LogP contribution in [0.15, 0.2) is 243 Å². The molecule has 10 aromatic carbocycles. The van der Waals surface area contributed by atoms with E-state index in [2.05, 4.69) is 217 Å². The number of nitrogens with zero attached hydrogens (tertiary/aromatic N) is 4. The van der Waals surface area contributed by atoms with E-state index in [1.807, 2.05) is 30.3 Å². The molecule has 0 amide bonds. The molecule has 65 heavy (non-hydrogen) atoms. The molecule has 0 radical (unpaired) electrons. The standard InChI is InChI=1S/C61H40N4/c1-3-19-41(20-4-1)47-27-7-10-33-54(47)60-62-59(42-21-5-2-6-22-42)63-61(64-60)55-38-37-48(50-29-8-9-30-51(50)55)45-25-17-23-43(39-45)44-24-18-26-46(40-44)49-28-11-14-34-56(49)65-57-35-15-12-31-52(57)53-32-13-16-36-58(53)65/h1-40H. The van der Waals surface area contributed by atoms with Crippen LogP contribution in [0.4, 0.5) is 0 Å². The summed E-state index contributed by atoms with van der Waals surface area (Å²) in [5, 5.41) is 4.71. The molecule has 304 valence electrons. The fourth-order valence-electron chi connectivity index (χ4n) is 9.45. The van der Waals surface area contributed by atoms with Gasteiger partial charge < -0.3 is 4.57 Å². The molecule has 0 bridgehead atoms. The van der Waals surface area contributed by atoms with Crippen molar-refractivity contribution in [2.24, 2.45) is 0 Å². The van der Waals surface area contributed by atoms with E-state index in [4.69, 9.17) is 15.0 Å². The predicted molar refractivity (Wildman–Crippen MR) is 270 cm³/mol.